The lowest BCUT2D eigenvalue weighted by molar-refractivity contribution is -0.120. The molecule has 0 saturated heterocycles. The van der Waals surface area contributed by atoms with Crippen LogP contribution in [0, 0.1) is 0 Å². The molecule has 1 N–H and O–H groups in total. The lowest BCUT2D eigenvalue weighted by atomic mass is 10.2. The fourth-order valence-electron chi connectivity index (χ4n) is 2.12. The van der Waals surface area contributed by atoms with E-state index in [1.165, 1.54) is 4.31 Å². The van der Waals surface area contributed by atoms with Gasteiger partial charge in [-0.05, 0) is 33.2 Å². The Morgan fingerprint density at radius 2 is 1.88 bits per heavy atom. The molecule has 0 radical (unpaired) electrons. The molecule has 8 heteroatoms. The SMILES string of the molecule is CCOc1ccccc1N(CCC(=O)NCCN(C)C)S(C)(=O)=O. The Balaban J connectivity index is 2.80. The van der Waals surface area contributed by atoms with Crippen molar-refractivity contribution < 1.29 is 17.9 Å². The largest absolute Gasteiger partial charge is 0.492 e. The Morgan fingerprint density at radius 1 is 1.21 bits per heavy atom. The summed E-state index contributed by atoms with van der Waals surface area (Å²) < 4.78 is 31.0. The number of carbonyl (C=O) groups excluding carboxylic acids is 1. The van der Waals surface area contributed by atoms with E-state index in [1.54, 1.807) is 24.3 Å². The molecular formula is C16H27N3O4S. The minimum atomic E-state index is -3.52. The van der Waals surface area contributed by atoms with Crippen molar-refractivity contribution in [1.82, 2.24) is 10.2 Å². The number of nitrogens with zero attached hydrogens (tertiary/aromatic N) is 2. The number of likely N-dealkylation sites (N-methyl/N-ethyl adjacent to an activating group) is 1. The Kier molecular flexibility index (Phi) is 8.00. The van der Waals surface area contributed by atoms with Gasteiger partial charge in [0.15, 0.2) is 0 Å². The number of hydrogen-bond donors (Lipinski definition) is 1. The standard InChI is InChI=1S/C16H27N3O4S/c1-5-23-15-9-7-6-8-14(15)19(24(4,21)22)12-10-16(20)17-11-13-18(2)3/h6-9H,5,10-13H2,1-4H3,(H,17,20). The summed E-state index contributed by atoms with van der Waals surface area (Å²) in [4.78, 5) is 13.9. The van der Waals surface area contributed by atoms with Crippen LogP contribution in [0.2, 0.25) is 0 Å². The molecule has 0 unspecified atom stereocenters. The van der Waals surface area contributed by atoms with Crippen LogP contribution in [0.3, 0.4) is 0 Å². The molecule has 0 aliphatic rings. The summed E-state index contributed by atoms with van der Waals surface area (Å²) in [5, 5.41) is 2.78. The van der Waals surface area contributed by atoms with Gasteiger partial charge in [0.1, 0.15) is 5.75 Å². The topological polar surface area (TPSA) is 79.0 Å². The number of amides is 1. The van der Waals surface area contributed by atoms with E-state index in [0.29, 0.717) is 24.6 Å². The second-order valence-corrected chi connectivity index (χ2v) is 7.55. The van der Waals surface area contributed by atoms with Crippen LogP contribution in [0.1, 0.15) is 13.3 Å². The van der Waals surface area contributed by atoms with Crippen molar-refractivity contribution in [2.45, 2.75) is 13.3 Å². The van der Waals surface area contributed by atoms with E-state index < -0.39 is 10.0 Å². The first-order valence-electron chi connectivity index (χ1n) is 7.86. The first-order valence-corrected chi connectivity index (χ1v) is 9.71. The molecule has 0 spiro atoms. The number of rotatable bonds is 10. The normalized spacial score (nSPS) is 11.4. The summed E-state index contributed by atoms with van der Waals surface area (Å²) in [5.41, 5.74) is 0.447. The van der Waals surface area contributed by atoms with Crippen molar-refractivity contribution in [1.29, 1.82) is 0 Å². The third kappa shape index (κ3) is 6.76. The molecule has 7 nitrogen and oxygen atoms in total. The predicted molar refractivity (Wildman–Crippen MR) is 96.0 cm³/mol. The quantitative estimate of drug-likeness (QED) is 0.674. The molecule has 136 valence electrons. The zero-order valence-electron chi connectivity index (χ0n) is 14.8. The van der Waals surface area contributed by atoms with Gasteiger partial charge in [0, 0.05) is 26.1 Å². The molecule has 1 aromatic carbocycles. The van der Waals surface area contributed by atoms with Crippen LogP contribution in [-0.2, 0) is 14.8 Å². The maximum atomic E-state index is 12.1. The second-order valence-electron chi connectivity index (χ2n) is 5.64. The summed E-state index contributed by atoms with van der Waals surface area (Å²) in [6.07, 6.45) is 1.21. The molecule has 1 amide bonds. The molecule has 24 heavy (non-hydrogen) atoms. The van der Waals surface area contributed by atoms with E-state index >= 15 is 0 Å². The first kappa shape index (κ1) is 20.2. The smallest absolute Gasteiger partial charge is 0.232 e. The Labute approximate surface area is 144 Å². The van der Waals surface area contributed by atoms with Crippen LogP contribution in [-0.4, -0.2) is 65.8 Å². The minimum Gasteiger partial charge on any atom is -0.492 e. The van der Waals surface area contributed by atoms with Crippen molar-refractivity contribution in [3.63, 3.8) is 0 Å². The van der Waals surface area contributed by atoms with Crippen LogP contribution < -0.4 is 14.4 Å². The van der Waals surface area contributed by atoms with Crippen molar-refractivity contribution in [3.8, 4) is 5.75 Å². The van der Waals surface area contributed by atoms with Crippen molar-refractivity contribution in [2.75, 3.05) is 50.9 Å². The first-order chi connectivity index (χ1) is 11.3. The molecule has 0 aliphatic carbocycles. The van der Waals surface area contributed by atoms with Crippen molar-refractivity contribution in [3.05, 3.63) is 24.3 Å². The predicted octanol–water partition coefficient (Wildman–Crippen LogP) is 0.919. The number of nitrogens with one attached hydrogen (secondary N) is 1. The van der Waals surface area contributed by atoms with Gasteiger partial charge in [0.05, 0.1) is 18.6 Å². The fraction of sp³-hybridized carbons (Fsp3) is 0.562. The van der Waals surface area contributed by atoms with E-state index in [-0.39, 0.29) is 18.9 Å². The molecule has 0 atom stereocenters. The third-order valence-corrected chi connectivity index (χ3v) is 4.44. The molecule has 0 aliphatic heterocycles. The minimum absolute atomic E-state index is 0.0662. The van der Waals surface area contributed by atoms with Gasteiger partial charge in [-0.2, -0.15) is 0 Å². The third-order valence-electron chi connectivity index (χ3n) is 3.26. The molecule has 0 fully saturated rings. The van der Waals surface area contributed by atoms with E-state index in [4.69, 9.17) is 4.74 Å². The van der Waals surface area contributed by atoms with Gasteiger partial charge >= 0.3 is 0 Å². The number of para-hydroxylation sites is 2. The second kappa shape index (κ2) is 9.48. The average Bonchev–Trinajstić information content (AvgIpc) is 2.47. The summed E-state index contributed by atoms with van der Waals surface area (Å²) >= 11 is 0. The van der Waals surface area contributed by atoms with E-state index in [1.807, 2.05) is 25.9 Å². The van der Waals surface area contributed by atoms with Gasteiger partial charge in [-0.15, -0.1) is 0 Å². The van der Waals surface area contributed by atoms with E-state index in [0.717, 1.165) is 12.8 Å². The highest BCUT2D eigenvalue weighted by Gasteiger charge is 2.21. The molecule has 0 aromatic heterocycles. The number of sulfonamides is 1. The van der Waals surface area contributed by atoms with Crippen LogP contribution >= 0.6 is 0 Å². The summed E-state index contributed by atoms with van der Waals surface area (Å²) in [5.74, 6) is 0.304. The van der Waals surface area contributed by atoms with Gasteiger partial charge in [-0.3, -0.25) is 9.10 Å². The molecule has 1 rings (SSSR count). The summed E-state index contributed by atoms with van der Waals surface area (Å²) in [6.45, 7) is 3.59. The molecule has 0 heterocycles. The van der Waals surface area contributed by atoms with Crippen LogP contribution in [0.25, 0.3) is 0 Å². The molecule has 1 aromatic rings. The number of ether oxygens (including phenoxy) is 1. The Morgan fingerprint density at radius 3 is 2.46 bits per heavy atom. The van der Waals surface area contributed by atoms with E-state index in [2.05, 4.69) is 5.32 Å². The average molecular weight is 357 g/mol. The lowest BCUT2D eigenvalue weighted by Gasteiger charge is -2.24. The molecule has 0 bridgehead atoms. The van der Waals surface area contributed by atoms with Gasteiger partial charge in [0.2, 0.25) is 15.9 Å². The van der Waals surface area contributed by atoms with Crippen LogP contribution in [0.15, 0.2) is 24.3 Å². The Hall–Kier alpha value is -1.80. The van der Waals surface area contributed by atoms with Gasteiger partial charge in [0.25, 0.3) is 0 Å². The highest BCUT2D eigenvalue weighted by molar-refractivity contribution is 7.92. The highest BCUT2D eigenvalue weighted by atomic mass is 32.2. The summed E-state index contributed by atoms with van der Waals surface area (Å²) in [6, 6.07) is 6.92. The summed E-state index contributed by atoms with van der Waals surface area (Å²) in [7, 11) is 0.314. The van der Waals surface area contributed by atoms with Gasteiger partial charge in [-0.25, -0.2) is 8.42 Å². The van der Waals surface area contributed by atoms with Crippen LogP contribution in [0.5, 0.6) is 5.75 Å². The van der Waals surface area contributed by atoms with Gasteiger partial charge in [-0.1, -0.05) is 12.1 Å². The maximum Gasteiger partial charge on any atom is 0.232 e. The lowest BCUT2D eigenvalue weighted by Crippen LogP contribution is -2.36. The van der Waals surface area contributed by atoms with Crippen LogP contribution in [0.4, 0.5) is 5.69 Å². The molecule has 0 saturated carbocycles. The zero-order chi connectivity index (χ0) is 18.2. The zero-order valence-corrected chi connectivity index (χ0v) is 15.6. The molecular weight excluding hydrogens is 330 g/mol. The van der Waals surface area contributed by atoms with Crippen molar-refractivity contribution in [2.24, 2.45) is 0 Å². The van der Waals surface area contributed by atoms with E-state index in [9.17, 15) is 13.2 Å². The van der Waals surface area contributed by atoms with Gasteiger partial charge < -0.3 is 15.0 Å². The number of hydrogen-bond acceptors (Lipinski definition) is 5. The Bertz CT molecular complexity index is 632. The number of anilines is 1. The van der Waals surface area contributed by atoms with Crippen molar-refractivity contribution >= 4 is 21.6 Å². The monoisotopic (exact) mass is 357 g/mol. The number of benzene rings is 1. The number of carbonyl (C=O) groups is 1. The fourth-order valence-corrected chi connectivity index (χ4v) is 3.05. The highest BCUT2D eigenvalue weighted by Crippen LogP contribution is 2.29. The maximum absolute atomic E-state index is 12.1.